The molecule has 2 aromatic rings. The van der Waals surface area contributed by atoms with E-state index >= 15 is 0 Å². The first kappa shape index (κ1) is 49.8. The first-order valence-electron chi connectivity index (χ1n) is 22.3. The van der Waals surface area contributed by atoms with Gasteiger partial charge in [-0.3, -0.25) is 28.8 Å². The fourth-order valence-corrected chi connectivity index (χ4v) is 6.49. The Morgan fingerprint density at radius 3 is 0.862 bits per heavy atom. The lowest BCUT2D eigenvalue weighted by molar-refractivity contribution is -0.135. The van der Waals surface area contributed by atoms with Crippen molar-refractivity contribution in [3.05, 3.63) is 69.0 Å². The smallest absolute Gasteiger partial charge is 0.311 e. The Kier molecular flexibility index (Phi) is 28.0. The summed E-state index contributed by atoms with van der Waals surface area (Å²) < 4.78 is 21.4. The van der Waals surface area contributed by atoms with Gasteiger partial charge in [0.05, 0.1) is 0 Å². The molecule has 0 aliphatic rings. The predicted octanol–water partition coefficient (Wildman–Crippen LogP) is 11.7. The summed E-state index contributed by atoms with van der Waals surface area (Å²) in [6, 6.07) is 10.9. The molecule has 0 N–H and O–H groups in total. The van der Waals surface area contributed by atoms with Gasteiger partial charge in [0.1, 0.15) is 11.5 Å². The third-order valence-electron chi connectivity index (χ3n) is 9.97. The standard InChI is InChI=1S/C48H70O10/c1-3-5-7-9-11-13-15-19-25-29-47(53)57-43-37-33-39(31-35-41(43)49)55-45(51)27-23-21-17-18-22-24-28-46(52)56-40-32-36-42(50)44(38-34-40)58-48(54)30-26-20-16-14-12-10-8-6-4-2/h31-38H,3-30H2,1-2H3. The number of esters is 4. The molecule has 0 bridgehead atoms. The quantitative estimate of drug-likeness (QED) is 0.0506. The number of rotatable bonds is 33. The second-order valence-corrected chi connectivity index (χ2v) is 15.3. The molecule has 2 aromatic carbocycles. The van der Waals surface area contributed by atoms with Crippen molar-refractivity contribution in [2.24, 2.45) is 0 Å². The predicted molar refractivity (Wildman–Crippen MR) is 229 cm³/mol. The number of hydrogen-bond donors (Lipinski definition) is 0. The minimum Gasteiger partial charge on any atom is -0.427 e. The van der Waals surface area contributed by atoms with E-state index in [-0.39, 0.29) is 48.7 Å². The van der Waals surface area contributed by atoms with Gasteiger partial charge in [-0.2, -0.15) is 0 Å². The zero-order valence-electron chi connectivity index (χ0n) is 35.5. The average Bonchev–Trinajstić information content (AvgIpc) is 3.48. The van der Waals surface area contributed by atoms with Crippen LogP contribution in [0.5, 0.6) is 23.0 Å². The largest absolute Gasteiger partial charge is 0.427 e. The van der Waals surface area contributed by atoms with Gasteiger partial charge in [0.25, 0.3) is 0 Å². The van der Waals surface area contributed by atoms with Crippen LogP contribution < -0.4 is 29.8 Å². The number of hydrogen-bond acceptors (Lipinski definition) is 10. The zero-order valence-corrected chi connectivity index (χ0v) is 35.5. The van der Waals surface area contributed by atoms with Crippen molar-refractivity contribution in [3.8, 4) is 23.0 Å². The number of unbranched alkanes of at least 4 members (excludes halogenated alkanes) is 21. The minimum absolute atomic E-state index is 0.0869. The van der Waals surface area contributed by atoms with Gasteiger partial charge in [0.2, 0.25) is 10.9 Å². The summed E-state index contributed by atoms with van der Waals surface area (Å²) in [6.07, 6.45) is 26.1. The van der Waals surface area contributed by atoms with Crippen LogP contribution in [0.2, 0.25) is 0 Å². The zero-order chi connectivity index (χ0) is 42.1. The molecule has 0 spiro atoms. The van der Waals surface area contributed by atoms with Crippen molar-refractivity contribution >= 4 is 23.9 Å². The summed E-state index contributed by atoms with van der Waals surface area (Å²) in [4.78, 5) is 74.2. The molecule has 0 saturated carbocycles. The lowest BCUT2D eigenvalue weighted by atomic mass is 10.1. The molecule has 0 saturated heterocycles. The van der Waals surface area contributed by atoms with E-state index in [1.807, 2.05) is 0 Å². The molecule has 0 atom stereocenters. The maximum Gasteiger partial charge on any atom is 0.311 e. The fraction of sp³-hybridized carbons (Fsp3) is 0.625. The van der Waals surface area contributed by atoms with Gasteiger partial charge in [-0.05, 0) is 74.2 Å². The van der Waals surface area contributed by atoms with Gasteiger partial charge >= 0.3 is 23.9 Å². The van der Waals surface area contributed by atoms with E-state index in [2.05, 4.69) is 13.8 Å². The van der Waals surface area contributed by atoms with E-state index in [1.165, 1.54) is 126 Å². The van der Waals surface area contributed by atoms with Gasteiger partial charge < -0.3 is 18.9 Å². The second kappa shape index (κ2) is 32.6. The highest BCUT2D eigenvalue weighted by Gasteiger charge is 2.11. The molecular weight excluding hydrogens is 737 g/mol. The van der Waals surface area contributed by atoms with Gasteiger partial charge in [0.15, 0.2) is 11.5 Å². The molecule has 0 aliphatic heterocycles. The molecule has 10 nitrogen and oxygen atoms in total. The lowest BCUT2D eigenvalue weighted by Gasteiger charge is -2.04. The summed E-state index contributed by atoms with van der Waals surface area (Å²) in [5, 5.41) is 0. The van der Waals surface area contributed by atoms with Crippen LogP contribution in [0.4, 0.5) is 0 Å². The summed E-state index contributed by atoms with van der Waals surface area (Å²) in [5.74, 6) is -1.48. The summed E-state index contributed by atoms with van der Waals surface area (Å²) >= 11 is 0. The number of ether oxygens (including phenoxy) is 4. The molecule has 0 heterocycles. The van der Waals surface area contributed by atoms with Crippen molar-refractivity contribution in [1.82, 2.24) is 0 Å². The third-order valence-corrected chi connectivity index (χ3v) is 9.97. The summed E-state index contributed by atoms with van der Waals surface area (Å²) in [7, 11) is 0. The van der Waals surface area contributed by atoms with Crippen LogP contribution in [-0.2, 0) is 19.2 Å². The lowest BCUT2D eigenvalue weighted by Crippen LogP contribution is -2.12. The van der Waals surface area contributed by atoms with E-state index in [0.29, 0.717) is 12.8 Å². The van der Waals surface area contributed by atoms with E-state index < -0.39 is 34.7 Å². The maximum absolute atomic E-state index is 12.4. The van der Waals surface area contributed by atoms with E-state index in [0.717, 1.165) is 64.2 Å². The number of carbonyl (C=O) groups excluding carboxylic acids is 4. The highest BCUT2D eigenvalue weighted by molar-refractivity contribution is 5.74. The van der Waals surface area contributed by atoms with Crippen LogP contribution in [0, 0.1) is 0 Å². The normalized spacial score (nSPS) is 10.9. The van der Waals surface area contributed by atoms with Crippen molar-refractivity contribution in [1.29, 1.82) is 0 Å². The van der Waals surface area contributed by atoms with Gasteiger partial charge in [-0.15, -0.1) is 0 Å². The topological polar surface area (TPSA) is 139 Å². The SMILES string of the molecule is CCCCCCCCCCCC(=O)Oc1ccc(OC(=O)CCCCCCCCC(=O)Oc2ccc(OC(=O)CCCCCCCCCCC)c(=O)cc2)ccc1=O. The average molecular weight is 807 g/mol. The van der Waals surface area contributed by atoms with E-state index in [1.54, 1.807) is 0 Å². The van der Waals surface area contributed by atoms with Crippen molar-refractivity contribution < 1.29 is 38.1 Å². The molecule has 0 amide bonds. The van der Waals surface area contributed by atoms with Gasteiger partial charge in [0, 0.05) is 25.7 Å². The monoisotopic (exact) mass is 806 g/mol. The van der Waals surface area contributed by atoms with Crippen molar-refractivity contribution in [2.45, 2.75) is 194 Å². The highest BCUT2D eigenvalue weighted by Crippen LogP contribution is 2.18. The van der Waals surface area contributed by atoms with Crippen molar-refractivity contribution in [2.75, 3.05) is 0 Å². The Balaban J connectivity index is 1.56. The molecule has 0 radical (unpaired) electrons. The summed E-state index contributed by atoms with van der Waals surface area (Å²) in [6.45, 7) is 4.41. The highest BCUT2D eigenvalue weighted by atomic mass is 16.5. The van der Waals surface area contributed by atoms with Crippen molar-refractivity contribution in [3.63, 3.8) is 0 Å². The molecule has 0 fully saturated rings. The molecular formula is C48H70O10. The molecule has 0 unspecified atom stereocenters. The van der Waals surface area contributed by atoms with Crippen LogP contribution in [0.25, 0.3) is 0 Å². The Labute approximate surface area is 346 Å². The van der Waals surface area contributed by atoms with Gasteiger partial charge in [-0.25, -0.2) is 0 Å². The third kappa shape index (κ3) is 25.1. The first-order valence-corrected chi connectivity index (χ1v) is 22.3. The van der Waals surface area contributed by atoms with Crippen LogP contribution in [0.3, 0.4) is 0 Å². The molecule has 0 aliphatic carbocycles. The Morgan fingerprint density at radius 1 is 0.328 bits per heavy atom. The van der Waals surface area contributed by atoms with Crippen LogP contribution in [-0.4, -0.2) is 23.9 Å². The Morgan fingerprint density at radius 2 is 0.569 bits per heavy atom. The second-order valence-electron chi connectivity index (χ2n) is 15.3. The summed E-state index contributed by atoms with van der Waals surface area (Å²) in [5.41, 5.74) is -0.925. The van der Waals surface area contributed by atoms with Crippen LogP contribution in [0.15, 0.2) is 58.1 Å². The fourth-order valence-electron chi connectivity index (χ4n) is 6.49. The maximum atomic E-state index is 12.4. The molecule has 2 rings (SSSR count). The Bertz CT molecular complexity index is 1490. The Hall–Kier alpha value is -4.34. The molecule has 58 heavy (non-hydrogen) atoms. The first-order chi connectivity index (χ1) is 28.2. The van der Waals surface area contributed by atoms with Gasteiger partial charge in [-0.1, -0.05) is 142 Å². The molecule has 322 valence electrons. The molecule has 10 heteroatoms. The van der Waals surface area contributed by atoms with E-state index in [4.69, 9.17) is 18.9 Å². The van der Waals surface area contributed by atoms with E-state index in [9.17, 15) is 28.8 Å². The van der Waals surface area contributed by atoms with Crippen LogP contribution in [0.1, 0.15) is 194 Å². The van der Waals surface area contributed by atoms with Crippen LogP contribution >= 0.6 is 0 Å². The number of carbonyl (C=O) groups is 4. The minimum atomic E-state index is -0.462. The molecule has 0 aromatic heterocycles.